The smallest absolute Gasteiger partial charge is 0.248 e. The highest BCUT2D eigenvalue weighted by Gasteiger charge is 2.55. The number of fused-ring (bicyclic) bond motifs is 1. The topological polar surface area (TPSA) is 44.9 Å². The van der Waals surface area contributed by atoms with Crippen molar-refractivity contribution in [2.75, 3.05) is 6.54 Å². The number of H-pyrrole nitrogens is 1. The van der Waals surface area contributed by atoms with Crippen molar-refractivity contribution >= 4 is 0 Å². The van der Waals surface area contributed by atoms with Crippen molar-refractivity contribution < 1.29 is 0 Å². The van der Waals surface area contributed by atoms with Gasteiger partial charge in [0.15, 0.2) is 0 Å². The summed E-state index contributed by atoms with van der Waals surface area (Å²) in [6, 6.07) is 4.45. The monoisotopic (exact) mass is 258 g/mol. The van der Waals surface area contributed by atoms with Gasteiger partial charge < -0.3 is 10.3 Å². The number of rotatable bonds is 0. The maximum atomic E-state index is 11.6. The average Bonchev–Trinajstić information content (AvgIpc) is 2.68. The maximum Gasteiger partial charge on any atom is 0.248 e. The molecule has 1 saturated carbocycles. The van der Waals surface area contributed by atoms with Gasteiger partial charge in [-0.25, -0.2) is 0 Å². The molecule has 2 fully saturated rings. The Morgan fingerprint density at radius 3 is 3.11 bits per heavy atom. The summed E-state index contributed by atoms with van der Waals surface area (Å²) in [6.45, 7) is 3.54. The van der Waals surface area contributed by atoms with Crippen LogP contribution in [0.1, 0.15) is 43.9 Å². The Kier molecular flexibility index (Phi) is 2.44. The standard InChI is InChI=1S/C16H22N2O/c1-10-7-11-9-13-12(3-4-15(19)18-13)16(11)5-2-6-17-14(16)8-10/h3-4,10-11,14,17H,2,5-9H2,1H3,(H,18,19)/t10-,11+,14-,16+/m1/s1. The van der Waals surface area contributed by atoms with Crippen LogP contribution in [-0.4, -0.2) is 17.6 Å². The van der Waals surface area contributed by atoms with E-state index in [1.165, 1.54) is 36.9 Å². The third-order valence-corrected chi connectivity index (χ3v) is 5.79. The Morgan fingerprint density at radius 2 is 2.21 bits per heavy atom. The van der Waals surface area contributed by atoms with E-state index >= 15 is 0 Å². The fraction of sp³-hybridized carbons (Fsp3) is 0.688. The minimum Gasteiger partial charge on any atom is -0.326 e. The number of piperidine rings is 1. The molecule has 1 aromatic heterocycles. The molecule has 4 rings (SSSR count). The number of pyridine rings is 1. The highest BCUT2D eigenvalue weighted by atomic mass is 16.1. The number of aromatic nitrogens is 1. The predicted octanol–water partition coefficient (Wildman–Crippen LogP) is 1.97. The van der Waals surface area contributed by atoms with Crippen molar-refractivity contribution in [3.05, 3.63) is 33.7 Å². The van der Waals surface area contributed by atoms with Crippen LogP contribution in [0.25, 0.3) is 0 Å². The quantitative estimate of drug-likeness (QED) is 0.747. The minimum absolute atomic E-state index is 0.0576. The van der Waals surface area contributed by atoms with E-state index in [1.54, 1.807) is 6.07 Å². The second-order valence-corrected chi connectivity index (χ2v) is 6.84. The lowest BCUT2D eigenvalue weighted by molar-refractivity contribution is 0.0797. The molecule has 0 radical (unpaired) electrons. The Labute approximate surface area is 113 Å². The normalized spacial score (nSPS) is 40.4. The van der Waals surface area contributed by atoms with Crippen LogP contribution in [0.2, 0.25) is 0 Å². The van der Waals surface area contributed by atoms with Crippen LogP contribution in [0.4, 0.5) is 0 Å². The van der Waals surface area contributed by atoms with Gasteiger partial charge in [-0.15, -0.1) is 0 Å². The van der Waals surface area contributed by atoms with Crippen LogP contribution in [-0.2, 0) is 11.8 Å². The van der Waals surface area contributed by atoms with E-state index in [2.05, 4.69) is 23.3 Å². The lowest BCUT2D eigenvalue weighted by atomic mass is 9.57. The van der Waals surface area contributed by atoms with Crippen molar-refractivity contribution in [1.29, 1.82) is 0 Å². The molecule has 2 heterocycles. The van der Waals surface area contributed by atoms with Gasteiger partial charge in [-0.3, -0.25) is 4.79 Å². The maximum absolute atomic E-state index is 11.6. The van der Waals surface area contributed by atoms with Crippen molar-refractivity contribution in [1.82, 2.24) is 10.3 Å². The zero-order valence-electron chi connectivity index (χ0n) is 11.5. The molecule has 3 nitrogen and oxygen atoms in total. The van der Waals surface area contributed by atoms with Gasteiger partial charge in [-0.1, -0.05) is 13.0 Å². The molecule has 19 heavy (non-hydrogen) atoms. The Bertz CT molecular complexity index is 564. The summed E-state index contributed by atoms with van der Waals surface area (Å²) in [6.07, 6.45) is 6.24. The Hall–Kier alpha value is -1.09. The third kappa shape index (κ3) is 1.51. The first-order valence-electron chi connectivity index (χ1n) is 7.66. The molecule has 4 atom stereocenters. The van der Waals surface area contributed by atoms with E-state index in [4.69, 9.17) is 0 Å². The zero-order valence-corrected chi connectivity index (χ0v) is 11.5. The predicted molar refractivity (Wildman–Crippen MR) is 75.4 cm³/mol. The number of aromatic amines is 1. The van der Waals surface area contributed by atoms with Gasteiger partial charge in [0.1, 0.15) is 0 Å². The lowest BCUT2D eigenvalue weighted by Crippen LogP contribution is -2.58. The van der Waals surface area contributed by atoms with Gasteiger partial charge in [-0.05, 0) is 56.0 Å². The molecular weight excluding hydrogens is 236 g/mol. The first-order chi connectivity index (χ1) is 9.20. The largest absolute Gasteiger partial charge is 0.326 e. The molecule has 0 unspecified atom stereocenters. The second kappa shape index (κ2) is 3.95. The fourth-order valence-corrected chi connectivity index (χ4v) is 5.16. The molecular formula is C16H22N2O. The highest BCUT2D eigenvalue weighted by molar-refractivity contribution is 5.40. The van der Waals surface area contributed by atoms with Crippen molar-refractivity contribution in [3.63, 3.8) is 0 Å². The first kappa shape index (κ1) is 11.7. The van der Waals surface area contributed by atoms with E-state index in [0.717, 1.165) is 24.8 Å². The van der Waals surface area contributed by atoms with Gasteiger partial charge in [0.25, 0.3) is 0 Å². The average molecular weight is 258 g/mol. The van der Waals surface area contributed by atoms with Crippen LogP contribution >= 0.6 is 0 Å². The van der Waals surface area contributed by atoms with E-state index < -0.39 is 0 Å². The van der Waals surface area contributed by atoms with Gasteiger partial charge in [0, 0.05) is 23.2 Å². The molecule has 1 aromatic rings. The first-order valence-corrected chi connectivity index (χ1v) is 7.66. The summed E-state index contributed by atoms with van der Waals surface area (Å²) in [4.78, 5) is 14.7. The van der Waals surface area contributed by atoms with Gasteiger partial charge >= 0.3 is 0 Å². The zero-order chi connectivity index (χ0) is 13.0. The van der Waals surface area contributed by atoms with E-state index in [1.807, 2.05) is 0 Å². The van der Waals surface area contributed by atoms with Crippen molar-refractivity contribution in [2.24, 2.45) is 11.8 Å². The molecule has 1 saturated heterocycles. The van der Waals surface area contributed by atoms with E-state index in [-0.39, 0.29) is 5.56 Å². The molecule has 102 valence electrons. The van der Waals surface area contributed by atoms with Crippen LogP contribution < -0.4 is 10.9 Å². The number of nitrogens with one attached hydrogen (secondary N) is 2. The second-order valence-electron chi connectivity index (χ2n) is 6.84. The molecule has 2 aliphatic carbocycles. The molecule has 0 bridgehead atoms. The molecule has 1 spiro atoms. The molecule has 0 amide bonds. The Morgan fingerprint density at radius 1 is 1.32 bits per heavy atom. The summed E-state index contributed by atoms with van der Waals surface area (Å²) in [7, 11) is 0. The fourth-order valence-electron chi connectivity index (χ4n) is 5.16. The molecule has 1 aliphatic heterocycles. The van der Waals surface area contributed by atoms with Crippen molar-refractivity contribution in [2.45, 2.75) is 50.5 Å². The molecule has 0 aromatic carbocycles. The molecule has 2 N–H and O–H groups in total. The van der Waals surface area contributed by atoms with Gasteiger partial charge in [0.2, 0.25) is 5.56 Å². The highest BCUT2D eigenvalue weighted by Crippen LogP contribution is 2.55. The summed E-state index contributed by atoms with van der Waals surface area (Å²) < 4.78 is 0. The van der Waals surface area contributed by atoms with Gasteiger partial charge in [0.05, 0.1) is 0 Å². The van der Waals surface area contributed by atoms with Gasteiger partial charge in [-0.2, -0.15) is 0 Å². The van der Waals surface area contributed by atoms with Crippen LogP contribution in [0, 0.1) is 11.8 Å². The lowest BCUT2D eigenvalue weighted by Gasteiger charge is -2.52. The molecule has 3 heteroatoms. The Balaban J connectivity index is 1.88. The van der Waals surface area contributed by atoms with E-state index in [0.29, 0.717) is 11.5 Å². The summed E-state index contributed by atoms with van der Waals surface area (Å²) >= 11 is 0. The summed E-state index contributed by atoms with van der Waals surface area (Å²) in [5, 5.41) is 3.78. The summed E-state index contributed by atoms with van der Waals surface area (Å²) in [5.74, 6) is 1.52. The van der Waals surface area contributed by atoms with Crippen LogP contribution in [0.15, 0.2) is 16.9 Å². The van der Waals surface area contributed by atoms with Crippen LogP contribution in [0.3, 0.4) is 0 Å². The minimum atomic E-state index is 0.0576. The number of hydrogen-bond acceptors (Lipinski definition) is 2. The van der Waals surface area contributed by atoms with Crippen molar-refractivity contribution in [3.8, 4) is 0 Å². The SMILES string of the molecule is C[C@@H]1C[C@H]2Cc3[nH]c(=O)ccc3[C@]23CCCN[C@@H]3C1. The number of hydrogen-bond donors (Lipinski definition) is 2. The third-order valence-electron chi connectivity index (χ3n) is 5.79. The molecule has 3 aliphatic rings. The summed E-state index contributed by atoms with van der Waals surface area (Å²) in [5.41, 5.74) is 3.04. The van der Waals surface area contributed by atoms with E-state index in [9.17, 15) is 4.79 Å². The van der Waals surface area contributed by atoms with Crippen LogP contribution in [0.5, 0.6) is 0 Å².